The van der Waals surface area contributed by atoms with E-state index in [1.807, 2.05) is 0 Å². The fourth-order valence-corrected chi connectivity index (χ4v) is 2.41. The quantitative estimate of drug-likeness (QED) is 0.722. The fraction of sp³-hybridized carbons (Fsp3) is 0.917. The average Bonchev–Trinajstić information content (AvgIpc) is 2.64. The SMILES string of the molecule is CCC1CCCN1CCCC(C)(N)C(=O)O. The standard InChI is InChI=1S/C12H24N2O2/c1-3-10-6-4-8-14(10)9-5-7-12(2,13)11(15)16/h10H,3-9,13H2,1-2H3,(H,15,16). The number of hydrogen-bond acceptors (Lipinski definition) is 3. The van der Waals surface area contributed by atoms with E-state index in [9.17, 15) is 4.79 Å². The molecule has 1 saturated heterocycles. The van der Waals surface area contributed by atoms with Crippen molar-refractivity contribution in [1.82, 2.24) is 4.90 Å². The second kappa shape index (κ2) is 5.64. The van der Waals surface area contributed by atoms with Gasteiger partial charge in [-0.2, -0.15) is 0 Å². The van der Waals surface area contributed by atoms with Crippen molar-refractivity contribution in [2.75, 3.05) is 13.1 Å². The molecule has 0 saturated carbocycles. The van der Waals surface area contributed by atoms with Gasteiger partial charge in [0.15, 0.2) is 0 Å². The minimum atomic E-state index is -1.07. The summed E-state index contributed by atoms with van der Waals surface area (Å²) in [4.78, 5) is 13.3. The van der Waals surface area contributed by atoms with E-state index in [-0.39, 0.29) is 0 Å². The first-order valence-electron chi connectivity index (χ1n) is 6.23. The summed E-state index contributed by atoms with van der Waals surface area (Å²) in [7, 11) is 0. The molecule has 1 heterocycles. The summed E-state index contributed by atoms with van der Waals surface area (Å²) in [5.41, 5.74) is 4.63. The number of nitrogens with zero attached hydrogens (tertiary/aromatic N) is 1. The summed E-state index contributed by atoms with van der Waals surface area (Å²) >= 11 is 0. The molecule has 2 unspecified atom stereocenters. The summed E-state index contributed by atoms with van der Waals surface area (Å²) in [5, 5.41) is 8.89. The minimum Gasteiger partial charge on any atom is -0.480 e. The number of hydrogen-bond donors (Lipinski definition) is 2. The van der Waals surface area contributed by atoms with Crippen LogP contribution in [0.5, 0.6) is 0 Å². The molecule has 1 fully saturated rings. The molecule has 0 radical (unpaired) electrons. The molecule has 0 aromatic rings. The van der Waals surface area contributed by atoms with Crippen LogP contribution >= 0.6 is 0 Å². The maximum absolute atomic E-state index is 10.8. The number of carboxylic acids is 1. The second-order valence-corrected chi connectivity index (χ2v) is 5.07. The highest BCUT2D eigenvalue weighted by atomic mass is 16.4. The van der Waals surface area contributed by atoms with Gasteiger partial charge in [0.2, 0.25) is 0 Å². The molecule has 0 aromatic heterocycles. The van der Waals surface area contributed by atoms with Gasteiger partial charge in [-0.25, -0.2) is 0 Å². The van der Waals surface area contributed by atoms with Crippen LogP contribution in [0.1, 0.15) is 46.0 Å². The first-order valence-corrected chi connectivity index (χ1v) is 6.23. The molecule has 4 nitrogen and oxygen atoms in total. The van der Waals surface area contributed by atoms with Crippen molar-refractivity contribution in [2.45, 2.75) is 57.5 Å². The van der Waals surface area contributed by atoms with Gasteiger partial charge in [0, 0.05) is 6.04 Å². The van der Waals surface area contributed by atoms with E-state index in [2.05, 4.69) is 11.8 Å². The van der Waals surface area contributed by atoms with Crippen molar-refractivity contribution < 1.29 is 9.90 Å². The number of carboxylic acid groups (broad SMARTS) is 1. The van der Waals surface area contributed by atoms with Gasteiger partial charge in [0.05, 0.1) is 0 Å². The highest BCUT2D eigenvalue weighted by molar-refractivity contribution is 5.77. The number of carbonyl (C=O) groups is 1. The largest absolute Gasteiger partial charge is 0.480 e. The Balaban J connectivity index is 2.27. The molecule has 94 valence electrons. The van der Waals surface area contributed by atoms with E-state index >= 15 is 0 Å². The summed E-state index contributed by atoms with van der Waals surface area (Å²) in [6, 6.07) is 0.703. The molecule has 2 atom stereocenters. The molecule has 0 aromatic carbocycles. The number of aliphatic carboxylic acids is 1. The Hall–Kier alpha value is -0.610. The normalized spacial score (nSPS) is 25.6. The minimum absolute atomic E-state index is 0.551. The maximum atomic E-state index is 10.8. The summed E-state index contributed by atoms with van der Waals surface area (Å²) in [6.45, 7) is 5.95. The smallest absolute Gasteiger partial charge is 0.323 e. The van der Waals surface area contributed by atoms with E-state index in [1.165, 1.54) is 19.3 Å². The van der Waals surface area contributed by atoms with Crippen molar-refractivity contribution in [3.05, 3.63) is 0 Å². The van der Waals surface area contributed by atoms with E-state index < -0.39 is 11.5 Å². The highest BCUT2D eigenvalue weighted by Crippen LogP contribution is 2.21. The molecule has 1 rings (SSSR count). The number of likely N-dealkylation sites (tertiary alicyclic amines) is 1. The molecular weight excluding hydrogens is 204 g/mol. The third kappa shape index (κ3) is 3.46. The van der Waals surface area contributed by atoms with Crippen LogP contribution in [-0.2, 0) is 4.79 Å². The monoisotopic (exact) mass is 228 g/mol. The van der Waals surface area contributed by atoms with Gasteiger partial charge in [-0.1, -0.05) is 6.92 Å². The highest BCUT2D eigenvalue weighted by Gasteiger charge is 2.28. The lowest BCUT2D eigenvalue weighted by atomic mass is 9.97. The summed E-state index contributed by atoms with van der Waals surface area (Å²) in [5.74, 6) is -0.902. The van der Waals surface area contributed by atoms with Crippen LogP contribution in [0.25, 0.3) is 0 Å². The van der Waals surface area contributed by atoms with Crippen molar-refractivity contribution in [3.8, 4) is 0 Å². The summed E-state index contributed by atoms with van der Waals surface area (Å²) in [6.07, 6.45) is 5.18. The molecule has 4 heteroatoms. The van der Waals surface area contributed by atoms with Crippen LogP contribution in [0, 0.1) is 0 Å². The van der Waals surface area contributed by atoms with Crippen molar-refractivity contribution in [3.63, 3.8) is 0 Å². The van der Waals surface area contributed by atoms with Crippen LogP contribution in [-0.4, -0.2) is 40.6 Å². The Labute approximate surface area is 97.8 Å². The number of nitrogens with two attached hydrogens (primary N) is 1. The van der Waals surface area contributed by atoms with Crippen LogP contribution in [0.2, 0.25) is 0 Å². The van der Waals surface area contributed by atoms with Gasteiger partial charge < -0.3 is 15.7 Å². The van der Waals surface area contributed by atoms with Crippen molar-refractivity contribution >= 4 is 5.97 Å². The van der Waals surface area contributed by atoms with Crippen LogP contribution in [0.15, 0.2) is 0 Å². The Morgan fingerprint density at radius 1 is 1.62 bits per heavy atom. The Morgan fingerprint density at radius 2 is 2.31 bits per heavy atom. The molecule has 0 amide bonds. The lowest BCUT2D eigenvalue weighted by Crippen LogP contribution is -2.45. The average molecular weight is 228 g/mol. The number of rotatable bonds is 6. The van der Waals surface area contributed by atoms with E-state index in [4.69, 9.17) is 10.8 Å². The lowest BCUT2D eigenvalue weighted by molar-refractivity contribution is -0.142. The Bertz CT molecular complexity index is 241. The van der Waals surface area contributed by atoms with Gasteiger partial charge in [-0.15, -0.1) is 0 Å². The lowest BCUT2D eigenvalue weighted by Gasteiger charge is -2.25. The molecule has 1 aliphatic rings. The molecule has 0 bridgehead atoms. The topological polar surface area (TPSA) is 66.6 Å². The van der Waals surface area contributed by atoms with Gasteiger partial charge in [0.25, 0.3) is 0 Å². The van der Waals surface area contributed by atoms with E-state index in [1.54, 1.807) is 6.92 Å². The summed E-state index contributed by atoms with van der Waals surface area (Å²) < 4.78 is 0. The molecule has 16 heavy (non-hydrogen) atoms. The van der Waals surface area contributed by atoms with Crippen molar-refractivity contribution in [2.24, 2.45) is 5.73 Å². The van der Waals surface area contributed by atoms with Gasteiger partial charge in [-0.05, 0) is 52.1 Å². The zero-order valence-corrected chi connectivity index (χ0v) is 10.4. The van der Waals surface area contributed by atoms with E-state index in [0.29, 0.717) is 12.5 Å². The third-order valence-corrected chi connectivity index (χ3v) is 3.60. The third-order valence-electron chi connectivity index (χ3n) is 3.60. The molecule has 3 N–H and O–H groups in total. The zero-order valence-electron chi connectivity index (χ0n) is 10.4. The van der Waals surface area contributed by atoms with Crippen LogP contribution in [0.3, 0.4) is 0 Å². The molecular formula is C12H24N2O2. The first kappa shape index (κ1) is 13.5. The maximum Gasteiger partial charge on any atom is 0.323 e. The van der Waals surface area contributed by atoms with Crippen LogP contribution < -0.4 is 5.73 Å². The molecule has 1 aliphatic heterocycles. The fourth-order valence-electron chi connectivity index (χ4n) is 2.41. The first-order chi connectivity index (χ1) is 7.47. The predicted octanol–water partition coefficient (Wildman–Crippen LogP) is 1.44. The zero-order chi connectivity index (χ0) is 12.2. The van der Waals surface area contributed by atoms with Crippen molar-refractivity contribution in [1.29, 1.82) is 0 Å². The second-order valence-electron chi connectivity index (χ2n) is 5.07. The Morgan fingerprint density at radius 3 is 2.88 bits per heavy atom. The predicted molar refractivity (Wildman–Crippen MR) is 64.3 cm³/mol. The molecule has 0 aliphatic carbocycles. The van der Waals surface area contributed by atoms with Gasteiger partial charge in [0.1, 0.15) is 5.54 Å². The van der Waals surface area contributed by atoms with Gasteiger partial charge in [-0.3, -0.25) is 4.79 Å². The van der Waals surface area contributed by atoms with Crippen LogP contribution in [0.4, 0.5) is 0 Å². The Kier molecular flexibility index (Phi) is 4.74. The molecule has 0 spiro atoms. The van der Waals surface area contributed by atoms with Gasteiger partial charge >= 0.3 is 5.97 Å². The van der Waals surface area contributed by atoms with E-state index in [0.717, 1.165) is 19.5 Å².